The van der Waals surface area contributed by atoms with Crippen LogP contribution in [0.3, 0.4) is 0 Å². The molecule has 1 aliphatic heterocycles. The predicted molar refractivity (Wildman–Crippen MR) is 72.5 cm³/mol. The van der Waals surface area contributed by atoms with Gasteiger partial charge in [-0.3, -0.25) is 0 Å². The minimum atomic E-state index is -4.22. The van der Waals surface area contributed by atoms with E-state index in [0.717, 1.165) is 31.6 Å². The van der Waals surface area contributed by atoms with Crippen molar-refractivity contribution in [2.45, 2.75) is 29.3 Å². The molecule has 0 aromatic heterocycles. The summed E-state index contributed by atoms with van der Waals surface area (Å²) in [6, 6.07) is 6.86. The number of hydrogen-bond acceptors (Lipinski definition) is 3. The summed E-state index contributed by atoms with van der Waals surface area (Å²) in [4.78, 5) is 2.50. The summed E-state index contributed by atoms with van der Waals surface area (Å²) in [5.74, 6) is 0. The van der Waals surface area contributed by atoms with E-state index in [0.29, 0.717) is 6.04 Å². The molecule has 0 spiro atoms. The van der Waals surface area contributed by atoms with Gasteiger partial charge in [0.05, 0.1) is 0 Å². The van der Waals surface area contributed by atoms with Crippen molar-refractivity contribution in [1.29, 1.82) is 0 Å². The van der Waals surface area contributed by atoms with Crippen LogP contribution >= 0.6 is 11.8 Å². The number of hydrogen-bond donors (Lipinski definition) is 1. The summed E-state index contributed by atoms with van der Waals surface area (Å²) in [5.41, 5.74) is -3.33. The monoisotopic (exact) mass is 290 g/mol. The summed E-state index contributed by atoms with van der Waals surface area (Å²) in [6.07, 6.45) is 2.13. The van der Waals surface area contributed by atoms with Crippen molar-refractivity contribution in [3.05, 3.63) is 24.3 Å². The minimum Gasteiger partial charge on any atom is -0.382 e. The molecular weight excluding hydrogens is 273 g/mol. The molecule has 0 aliphatic carbocycles. The Morgan fingerprint density at radius 1 is 1.16 bits per heavy atom. The van der Waals surface area contributed by atoms with Gasteiger partial charge in [0.25, 0.3) is 0 Å². The molecule has 2 rings (SSSR count). The second-order valence-corrected chi connectivity index (χ2v) is 5.93. The van der Waals surface area contributed by atoms with Crippen LogP contribution in [-0.4, -0.2) is 36.6 Å². The zero-order valence-corrected chi connectivity index (χ0v) is 11.5. The number of rotatable bonds is 3. The first-order chi connectivity index (χ1) is 8.92. The van der Waals surface area contributed by atoms with Gasteiger partial charge in [-0.05, 0) is 69.0 Å². The standard InChI is InChI=1S/C13H17F3N2S/c1-18-8-6-11(7-9-18)17-10-2-4-12(5-3-10)19-13(14,15)16/h2-5,11,17H,6-9H2,1H3. The second kappa shape index (κ2) is 6.05. The van der Waals surface area contributed by atoms with Gasteiger partial charge < -0.3 is 10.2 Å². The van der Waals surface area contributed by atoms with Crippen LogP contribution in [0.2, 0.25) is 0 Å². The molecule has 6 heteroatoms. The fourth-order valence-electron chi connectivity index (χ4n) is 2.14. The minimum absolute atomic E-state index is 0.0786. The van der Waals surface area contributed by atoms with Crippen LogP contribution in [0.4, 0.5) is 18.9 Å². The topological polar surface area (TPSA) is 15.3 Å². The first-order valence-corrected chi connectivity index (χ1v) is 7.05. The normalized spacial score (nSPS) is 18.5. The number of anilines is 1. The van der Waals surface area contributed by atoms with E-state index in [2.05, 4.69) is 17.3 Å². The van der Waals surface area contributed by atoms with E-state index < -0.39 is 5.51 Å². The molecule has 1 N–H and O–H groups in total. The fourth-order valence-corrected chi connectivity index (χ4v) is 2.68. The fraction of sp³-hybridized carbons (Fsp3) is 0.538. The summed E-state index contributed by atoms with van der Waals surface area (Å²) in [7, 11) is 2.10. The van der Waals surface area contributed by atoms with Crippen molar-refractivity contribution in [2.75, 3.05) is 25.5 Å². The van der Waals surface area contributed by atoms with E-state index in [1.165, 1.54) is 12.1 Å². The van der Waals surface area contributed by atoms with Crippen LogP contribution in [-0.2, 0) is 0 Å². The summed E-state index contributed by atoms with van der Waals surface area (Å²) in [6.45, 7) is 2.11. The molecule has 1 saturated heterocycles. The number of halogens is 3. The Labute approximate surface area is 115 Å². The van der Waals surface area contributed by atoms with E-state index in [1.54, 1.807) is 12.1 Å². The second-order valence-electron chi connectivity index (χ2n) is 4.79. The van der Waals surface area contributed by atoms with Crippen LogP contribution < -0.4 is 5.32 Å². The van der Waals surface area contributed by atoms with Crippen molar-refractivity contribution < 1.29 is 13.2 Å². The smallest absolute Gasteiger partial charge is 0.382 e. The number of piperidine rings is 1. The highest BCUT2D eigenvalue weighted by Crippen LogP contribution is 2.37. The number of thioether (sulfide) groups is 1. The number of nitrogens with zero attached hydrogens (tertiary/aromatic N) is 1. The number of benzene rings is 1. The zero-order chi connectivity index (χ0) is 13.9. The molecule has 2 nitrogen and oxygen atoms in total. The Hall–Kier alpha value is -0.880. The van der Waals surface area contributed by atoms with Crippen LogP contribution in [0.25, 0.3) is 0 Å². The van der Waals surface area contributed by atoms with Gasteiger partial charge in [0.2, 0.25) is 0 Å². The van der Waals surface area contributed by atoms with E-state index in [9.17, 15) is 13.2 Å². The van der Waals surface area contributed by atoms with E-state index >= 15 is 0 Å². The van der Waals surface area contributed by atoms with Crippen LogP contribution in [0.5, 0.6) is 0 Å². The largest absolute Gasteiger partial charge is 0.446 e. The molecule has 1 aromatic carbocycles. The van der Waals surface area contributed by atoms with E-state index in [4.69, 9.17) is 0 Å². The van der Waals surface area contributed by atoms with Gasteiger partial charge in [-0.25, -0.2) is 0 Å². The number of alkyl halides is 3. The molecule has 1 heterocycles. The van der Waals surface area contributed by atoms with Crippen molar-refractivity contribution in [2.24, 2.45) is 0 Å². The van der Waals surface area contributed by atoms with Gasteiger partial charge in [-0.1, -0.05) is 0 Å². The van der Waals surface area contributed by atoms with E-state index in [1.807, 2.05) is 0 Å². The lowest BCUT2D eigenvalue weighted by molar-refractivity contribution is -0.0328. The summed E-state index contributed by atoms with van der Waals surface area (Å²) < 4.78 is 36.6. The third kappa shape index (κ3) is 4.95. The third-order valence-electron chi connectivity index (χ3n) is 3.18. The third-order valence-corrected chi connectivity index (χ3v) is 3.92. The Balaban J connectivity index is 1.88. The van der Waals surface area contributed by atoms with Crippen molar-refractivity contribution >= 4 is 17.4 Å². The SMILES string of the molecule is CN1CCC(Nc2ccc(SC(F)(F)F)cc2)CC1. The lowest BCUT2D eigenvalue weighted by Crippen LogP contribution is -2.36. The molecule has 0 unspecified atom stereocenters. The average Bonchev–Trinajstić information content (AvgIpc) is 2.33. The molecule has 1 fully saturated rings. The van der Waals surface area contributed by atoms with Gasteiger partial charge in [-0.2, -0.15) is 13.2 Å². The maximum atomic E-state index is 12.2. The Morgan fingerprint density at radius 3 is 2.26 bits per heavy atom. The van der Waals surface area contributed by atoms with Crippen molar-refractivity contribution in [3.8, 4) is 0 Å². The predicted octanol–water partition coefficient (Wildman–Crippen LogP) is 3.80. The molecule has 19 heavy (non-hydrogen) atoms. The van der Waals surface area contributed by atoms with Gasteiger partial charge in [0.1, 0.15) is 0 Å². The Bertz CT molecular complexity index is 397. The lowest BCUT2D eigenvalue weighted by Gasteiger charge is -2.30. The first-order valence-electron chi connectivity index (χ1n) is 6.23. The highest BCUT2D eigenvalue weighted by atomic mass is 32.2. The summed E-state index contributed by atoms with van der Waals surface area (Å²) in [5, 5.41) is 3.37. The number of nitrogens with one attached hydrogen (secondary N) is 1. The van der Waals surface area contributed by atoms with Crippen LogP contribution in [0.15, 0.2) is 29.2 Å². The van der Waals surface area contributed by atoms with Gasteiger partial charge in [-0.15, -0.1) is 0 Å². The molecule has 0 amide bonds. The van der Waals surface area contributed by atoms with Crippen LogP contribution in [0.1, 0.15) is 12.8 Å². The Morgan fingerprint density at radius 2 is 1.74 bits per heavy atom. The molecule has 0 atom stereocenters. The maximum absolute atomic E-state index is 12.2. The lowest BCUT2D eigenvalue weighted by atomic mass is 10.1. The van der Waals surface area contributed by atoms with Gasteiger partial charge >= 0.3 is 5.51 Å². The Kier molecular flexibility index (Phi) is 4.62. The van der Waals surface area contributed by atoms with Crippen molar-refractivity contribution in [3.63, 3.8) is 0 Å². The first kappa shape index (κ1) is 14.5. The molecule has 1 aromatic rings. The quantitative estimate of drug-likeness (QED) is 0.852. The van der Waals surface area contributed by atoms with Crippen molar-refractivity contribution in [1.82, 2.24) is 4.90 Å². The highest BCUT2D eigenvalue weighted by Gasteiger charge is 2.29. The average molecular weight is 290 g/mol. The molecule has 106 valence electrons. The number of likely N-dealkylation sites (tertiary alicyclic amines) is 1. The molecule has 0 bridgehead atoms. The highest BCUT2D eigenvalue weighted by molar-refractivity contribution is 8.00. The summed E-state index contributed by atoms with van der Waals surface area (Å²) >= 11 is -0.0786. The molecular formula is C13H17F3N2S. The molecule has 1 aliphatic rings. The van der Waals surface area contributed by atoms with Gasteiger partial charge in [0.15, 0.2) is 0 Å². The molecule has 0 radical (unpaired) electrons. The van der Waals surface area contributed by atoms with Crippen LogP contribution in [0, 0.1) is 0 Å². The molecule has 0 saturated carbocycles. The maximum Gasteiger partial charge on any atom is 0.446 e. The zero-order valence-electron chi connectivity index (χ0n) is 10.7. The van der Waals surface area contributed by atoms with E-state index in [-0.39, 0.29) is 16.7 Å². The van der Waals surface area contributed by atoms with Gasteiger partial charge in [0, 0.05) is 16.6 Å².